The van der Waals surface area contributed by atoms with E-state index in [-0.39, 0.29) is 5.69 Å². The highest BCUT2D eigenvalue weighted by Gasteiger charge is 2.19. The van der Waals surface area contributed by atoms with E-state index in [4.69, 9.17) is 40.5 Å². The molecule has 0 bridgehead atoms. The normalized spacial score (nSPS) is 10.5. The summed E-state index contributed by atoms with van der Waals surface area (Å²) in [5, 5.41) is 9.85. The molecule has 1 aromatic carbocycles. The van der Waals surface area contributed by atoms with Gasteiger partial charge in [0.25, 0.3) is 0 Å². The van der Waals surface area contributed by atoms with Gasteiger partial charge in [-0.05, 0) is 24.4 Å². The number of carboxylic acids is 1. The third-order valence-electron chi connectivity index (χ3n) is 2.05. The number of hydrogen-bond donors (Lipinski definition) is 2. The van der Waals surface area contributed by atoms with E-state index >= 15 is 0 Å². The third kappa shape index (κ3) is 2.37. The molecule has 2 rings (SSSR count). The van der Waals surface area contributed by atoms with Crippen molar-refractivity contribution in [3.8, 4) is 10.4 Å². The summed E-state index contributed by atoms with van der Waals surface area (Å²) in [6.07, 6.45) is 0. The number of aromatic nitrogens is 1. The van der Waals surface area contributed by atoms with Crippen LogP contribution in [-0.4, -0.2) is 16.1 Å². The van der Waals surface area contributed by atoms with Gasteiger partial charge in [0.2, 0.25) is 0 Å². The fraction of sp³-hybridized carbons (Fsp3) is 0. The number of H-pyrrole nitrogens is 1. The highest BCUT2D eigenvalue weighted by molar-refractivity contribution is 7.73. The Balaban J connectivity index is 2.77. The molecule has 2 aromatic rings. The van der Waals surface area contributed by atoms with Crippen LogP contribution < -0.4 is 0 Å². The van der Waals surface area contributed by atoms with Crippen molar-refractivity contribution in [2.75, 3.05) is 0 Å². The molecule has 0 fully saturated rings. The molecule has 0 unspecified atom stereocenters. The standard InChI is InChI=1S/C10H5Cl2NO2S2/c11-4-2-1-3-5(12)6(4)8-7(9(14)15)13-10(16)17-8/h1-3H,(H,13,16)(H,14,15). The Kier molecular flexibility index (Phi) is 3.53. The lowest BCUT2D eigenvalue weighted by molar-refractivity contribution is 0.0692. The minimum absolute atomic E-state index is 0.00926. The molecule has 7 heteroatoms. The molecule has 1 aromatic heterocycles. The van der Waals surface area contributed by atoms with Crippen LogP contribution in [0.2, 0.25) is 10.0 Å². The topological polar surface area (TPSA) is 53.1 Å². The zero-order chi connectivity index (χ0) is 12.6. The van der Waals surface area contributed by atoms with Crippen LogP contribution in [-0.2, 0) is 0 Å². The van der Waals surface area contributed by atoms with E-state index in [1.54, 1.807) is 18.2 Å². The number of aromatic carboxylic acids is 1. The van der Waals surface area contributed by atoms with E-state index in [9.17, 15) is 4.79 Å². The molecule has 1 heterocycles. The summed E-state index contributed by atoms with van der Waals surface area (Å²) in [4.78, 5) is 14.1. The van der Waals surface area contributed by atoms with E-state index in [1.165, 1.54) is 0 Å². The van der Waals surface area contributed by atoms with Crippen LogP contribution in [0.5, 0.6) is 0 Å². The maximum Gasteiger partial charge on any atom is 0.353 e. The van der Waals surface area contributed by atoms with Crippen LogP contribution >= 0.6 is 46.8 Å². The van der Waals surface area contributed by atoms with Crippen molar-refractivity contribution < 1.29 is 9.90 Å². The van der Waals surface area contributed by atoms with Gasteiger partial charge in [-0.2, -0.15) is 0 Å². The number of halogens is 2. The number of carboxylic acid groups (broad SMARTS) is 1. The number of aromatic amines is 1. The van der Waals surface area contributed by atoms with Crippen LogP contribution in [0.25, 0.3) is 10.4 Å². The fourth-order valence-electron chi connectivity index (χ4n) is 1.37. The molecule has 2 N–H and O–H groups in total. The molecule has 0 aliphatic heterocycles. The molecular weight excluding hydrogens is 301 g/mol. The fourth-order valence-corrected chi connectivity index (χ4v) is 3.32. The largest absolute Gasteiger partial charge is 0.477 e. The molecule has 3 nitrogen and oxygen atoms in total. The maximum absolute atomic E-state index is 11.1. The summed E-state index contributed by atoms with van der Waals surface area (Å²) in [6.45, 7) is 0. The lowest BCUT2D eigenvalue weighted by Gasteiger charge is -2.04. The molecule has 0 aliphatic carbocycles. The van der Waals surface area contributed by atoms with Crippen molar-refractivity contribution in [3.63, 3.8) is 0 Å². The Bertz CT molecular complexity index is 628. The van der Waals surface area contributed by atoms with Crippen LogP contribution in [0, 0.1) is 3.95 Å². The van der Waals surface area contributed by atoms with Gasteiger partial charge in [-0.25, -0.2) is 4.79 Å². The lowest BCUT2D eigenvalue weighted by atomic mass is 10.1. The predicted octanol–water partition coefficient (Wildman–Crippen LogP) is 4.48. The van der Waals surface area contributed by atoms with Gasteiger partial charge in [0, 0.05) is 5.56 Å². The number of nitrogens with one attached hydrogen (secondary N) is 1. The van der Waals surface area contributed by atoms with E-state index in [0.717, 1.165) is 11.3 Å². The molecular formula is C10H5Cl2NO2S2. The number of hydrogen-bond acceptors (Lipinski definition) is 3. The number of carbonyl (C=O) groups is 1. The van der Waals surface area contributed by atoms with Crippen molar-refractivity contribution in [2.45, 2.75) is 0 Å². The van der Waals surface area contributed by atoms with Crippen molar-refractivity contribution in [2.24, 2.45) is 0 Å². The molecule has 0 aliphatic rings. The highest BCUT2D eigenvalue weighted by Crippen LogP contribution is 2.39. The monoisotopic (exact) mass is 305 g/mol. The number of benzene rings is 1. The third-order valence-corrected chi connectivity index (χ3v) is 3.93. The summed E-state index contributed by atoms with van der Waals surface area (Å²) >= 11 is 18.1. The van der Waals surface area contributed by atoms with Crippen molar-refractivity contribution in [1.29, 1.82) is 0 Å². The predicted molar refractivity (Wildman–Crippen MR) is 71.9 cm³/mol. The molecule has 0 saturated heterocycles. The van der Waals surface area contributed by atoms with Crippen LogP contribution in [0.4, 0.5) is 0 Å². The summed E-state index contributed by atoms with van der Waals surface area (Å²) in [5.41, 5.74) is 0.501. The first-order valence-electron chi connectivity index (χ1n) is 4.41. The van der Waals surface area contributed by atoms with Gasteiger partial charge in [0.05, 0.1) is 14.9 Å². The molecule has 0 atom stereocenters. The van der Waals surface area contributed by atoms with Gasteiger partial charge in [-0.3, -0.25) is 0 Å². The van der Waals surface area contributed by atoms with Crippen LogP contribution in [0.1, 0.15) is 10.5 Å². The average molecular weight is 306 g/mol. The second-order valence-electron chi connectivity index (χ2n) is 3.12. The smallest absolute Gasteiger partial charge is 0.353 e. The molecule has 88 valence electrons. The highest BCUT2D eigenvalue weighted by atomic mass is 35.5. The van der Waals surface area contributed by atoms with E-state index in [2.05, 4.69) is 4.98 Å². The Hall–Kier alpha value is -0.880. The van der Waals surface area contributed by atoms with Crippen LogP contribution in [0.3, 0.4) is 0 Å². The van der Waals surface area contributed by atoms with E-state index in [1.807, 2.05) is 0 Å². The van der Waals surface area contributed by atoms with Gasteiger partial charge in [0.1, 0.15) is 5.69 Å². The van der Waals surface area contributed by atoms with Gasteiger partial charge < -0.3 is 10.1 Å². The summed E-state index contributed by atoms with van der Waals surface area (Å²) in [6, 6.07) is 4.99. The van der Waals surface area contributed by atoms with Gasteiger partial charge in [-0.15, -0.1) is 11.3 Å². The zero-order valence-electron chi connectivity index (χ0n) is 8.16. The molecule has 0 saturated carbocycles. The Morgan fingerprint density at radius 3 is 2.47 bits per heavy atom. The quantitative estimate of drug-likeness (QED) is 0.804. The van der Waals surface area contributed by atoms with E-state index < -0.39 is 5.97 Å². The summed E-state index contributed by atoms with van der Waals surface area (Å²) < 4.78 is 0.369. The molecule has 0 amide bonds. The van der Waals surface area contributed by atoms with Crippen LogP contribution in [0.15, 0.2) is 18.2 Å². The maximum atomic E-state index is 11.1. The zero-order valence-corrected chi connectivity index (χ0v) is 11.3. The minimum Gasteiger partial charge on any atom is -0.477 e. The first-order valence-corrected chi connectivity index (χ1v) is 6.39. The van der Waals surface area contributed by atoms with E-state index in [0.29, 0.717) is 24.4 Å². The van der Waals surface area contributed by atoms with Gasteiger partial charge in [-0.1, -0.05) is 29.3 Å². The second kappa shape index (κ2) is 4.78. The second-order valence-corrected chi connectivity index (χ2v) is 5.62. The summed E-state index contributed by atoms with van der Waals surface area (Å²) in [7, 11) is 0. The first kappa shape index (κ1) is 12.6. The number of rotatable bonds is 2. The lowest BCUT2D eigenvalue weighted by Crippen LogP contribution is -1.98. The Morgan fingerprint density at radius 2 is 1.94 bits per heavy atom. The average Bonchev–Trinajstić information content (AvgIpc) is 2.60. The number of thiazole rings is 1. The Labute approximate surface area is 116 Å². The molecule has 0 radical (unpaired) electrons. The van der Waals surface area contributed by atoms with Gasteiger partial charge >= 0.3 is 5.97 Å². The molecule has 17 heavy (non-hydrogen) atoms. The first-order chi connectivity index (χ1) is 8.00. The van der Waals surface area contributed by atoms with Crippen molar-refractivity contribution >= 4 is 52.7 Å². The minimum atomic E-state index is -1.09. The SMILES string of the molecule is O=C(O)c1[nH]c(=S)sc1-c1c(Cl)cccc1Cl. The van der Waals surface area contributed by atoms with Crippen molar-refractivity contribution in [1.82, 2.24) is 4.98 Å². The summed E-state index contributed by atoms with van der Waals surface area (Å²) in [5.74, 6) is -1.09. The Morgan fingerprint density at radius 1 is 1.35 bits per heavy atom. The molecule has 0 spiro atoms. The van der Waals surface area contributed by atoms with Gasteiger partial charge in [0.15, 0.2) is 3.95 Å². The van der Waals surface area contributed by atoms with Crippen molar-refractivity contribution in [3.05, 3.63) is 37.9 Å².